The zero-order valence-electron chi connectivity index (χ0n) is 9.40. The van der Waals surface area contributed by atoms with E-state index in [-0.39, 0.29) is 0 Å². The number of rotatable bonds is 5. The van der Waals surface area contributed by atoms with E-state index in [1.807, 2.05) is 24.3 Å². The van der Waals surface area contributed by atoms with Crippen LogP contribution in [-0.4, -0.2) is 16.7 Å². The zero-order chi connectivity index (χ0) is 12.1. The molecule has 0 aliphatic rings. The van der Waals surface area contributed by atoms with Crippen molar-refractivity contribution in [2.24, 2.45) is 5.73 Å². The Labute approximate surface area is 105 Å². The highest BCUT2D eigenvalue weighted by Gasteiger charge is 2.06. The molecule has 2 aromatic rings. The van der Waals surface area contributed by atoms with Gasteiger partial charge in [0, 0.05) is 11.4 Å². The van der Waals surface area contributed by atoms with Crippen molar-refractivity contribution in [1.82, 2.24) is 10.2 Å². The first-order valence-corrected chi connectivity index (χ1v) is 5.91. The van der Waals surface area contributed by atoms with E-state index in [9.17, 15) is 0 Å². The molecule has 0 aliphatic heterocycles. The van der Waals surface area contributed by atoms with Crippen molar-refractivity contribution in [1.29, 1.82) is 0 Å². The molecule has 1 aromatic heterocycles. The monoisotopic (exact) mass is 251 g/mol. The van der Waals surface area contributed by atoms with Crippen LogP contribution in [0.4, 0.5) is 0 Å². The third-order valence-electron chi connectivity index (χ3n) is 2.37. The summed E-state index contributed by atoms with van der Waals surface area (Å²) in [5.74, 6) is 1.28. The summed E-state index contributed by atoms with van der Waals surface area (Å²) in [4.78, 5) is 0. The van der Waals surface area contributed by atoms with Crippen LogP contribution in [0.15, 0.2) is 28.7 Å². The van der Waals surface area contributed by atoms with E-state index >= 15 is 0 Å². The molecule has 0 saturated carbocycles. The third kappa shape index (κ3) is 3.54. The Morgan fingerprint density at radius 2 is 1.82 bits per heavy atom. The number of nitrogens with zero attached hydrogens (tertiary/aromatic N) is 2. The first-order chi connectivity index (χ1) is 8.28. The molecule has 1 heterocycles. The molecule has 5 heteroatoms. The molecular weight excluding hydrogens is 238 g/mol. The van der Waals surface area contributed by atoms with E-state index in [0.717, 1.165) is 23.4 Å². The normalized spacial score (nSPS) is 10.7. The minimum absolute atomic E-state index is 0.624. The van der Waals surface area contributed by atoms with Gasteiger partial charge >= 0.3 is 0 Å². The van der Waals surface area contributed by atoms with Crippen LogP contribution in [0.1, 0.15) is 23.8 Å². The summed E-state index contributed by atoms with van der Waals surface area (Å²) >= 11 is 5.81. The van der Waals surface area contributed by atoms with Gasteiger partial charge in [0.15, 0.2) is 0 Å². The highest BCUT2D eigenvalue weighted by Crippen LogP contribution is 2.13. The molecule has 0 atom stereocenters. The van der Waals surface area contributed by atoms with Crippen molar-refractivity contribution in [3.05, 3.63) is 46.6 Å². The molecule has 90 valence electrons. The molecular formula is C12H14ClN3O. The van der Waals surface area contributed by atoms with Crippen LogP contribution in [0.3, 0.4) is 0 Å². The molecule has 0 aliphatic carbocycles. The predicted octanol–water partition coefficient (Wildman–Crippen LogP) is 2.21. The van der Waals surface area contributed by atoms with Crippen LogP contribution in [-0.2, 0) is 12.8 Å². The molecule has 0 fully saturated rings. The molecule has 0 unspecified atom stereocenters. The number of benzene rings is 1. The fraction of sp³-hybridized carbons (Fsp3) is 0.333. The summed E-state index contributed by atoms with van der Waals surface area (Å²) in [6.45, 7) is 0.634. The standard InChI is InChI=1S/C12H14ClN3O/c13-10-5-3-9(4-6-10)8-12-16-15-11(17-12)2-1-7-14/h3-6H,1-2,7-8,14H2. The van der Waals surface area contributed by atoms with Gasteiger partial charge in [0.2, 0.25) is 11.8 Å². The molecule has 17 heavy (non-hydrogen) atoms. The number of hydrogen-bond donors (Lipinski definition) is 1. The maximum absolute atomic E-state index is 5.81. The Hall–Kier alpha value is -1.39. The summed E-state index contributed by atoms with van der Waals surface area (Å²) < 4.78 is 5.51. The van der Waals surface area contributed by atoms with E-state index < -0.39 is 0 Å². The Morgan fingerprint density at radius 3 is 2.53 bits per heavy atom. The van der Waals surface area contributed by atoms with Crippen molar-refractivity contribution < 1.29 is 4.42 Å². The van der Waals surface area contributed by atoms with Crippen molar-refractivity contribution in [3.63, 3.8) is 0 Å². The number of aromatic nitrogens is 2. The van der Waals surface area contributed by atoms with Gasteiger partial charge in [-0.2, -0.15) is 0 Å². The van der Waals surface area contributed by atoms with E-state index in [4.69, 9.17) is 21.8 Å². The fourth-order valence-corrected chi connectivity index (χ4v) is 1.62. The number of halogens is 1. The zero-order valence-corrected chi connectivity index (χ0v) is 10.2. The number of hydrogen-bond acceptors (Lipinski definition) is 4. The van der Waals surface area contributed by atoms with Crippen molar-refractivity contribution in [3.8, 4) is 0 Å². The maximum atomic E-state index is 5.81. The van der Waals surface area contributed by atoms with Crippen LogP contribution >= 0.6 is 11.6 Å². The molecule has 4 nitrogen and oxygen atoms in total. The lowest BCUT2D eigenvalue weighted by Gasteiger charge is -1.96. The first-order valence-electron chi connectivity index (χ1n) is 5.53. The van der Waals surface area contributed by atoms with Crippen LogP contribution in [0, 0.1) is 0 Å². The smallest absolute Gasteiger partial charge is 0.220 e. The third-order valence-corrected chi connectivity index (χ3v) is 2.62. The topological polar surface area (TPSA) is 64.9 Å². The lowest BCUT2D eigenvalue weighted by Crippen LogP contribution is -2.00. The van der Waals surface area contributed by atoms with Crippen molar-refractivity contribution in [2.75, 3.05) is 6.54 Å². The summed E-state index contributed by atoms with van der Waals surface area (Å²) in [5, 5.41) is 8.69. The quantitative estimate of drug-likeness (QED) is 0.885. The first kappa shape index (κ1) is 12.1. The molecule has 2 rings (SSSR count). The minimum atomic E-state index is 0.624. The Kier molecular flexibility index (Phi) is 4.12. The van der Waals surface area contributed by atoms with Gasteiger partial charge in [-0.1, -0.05) is 23.7 Å². The highest BCUT2D eigenvalue weighted by atomic mass is 35.5. The van der Waals surface area contributed by atoms with Gasteiger partial charge in [-0.3, -0.25) is 0 Å². The predicted molar refractivity (Wildman–Crippen MR) is 65.9 cm³/mol. The van der Waals surface area contributed by atoms with Crippen LogP contribution in [0.25, 0.3) is 0 Å². The largest absolute Gasteiger partial charge is 0.425 e. The van der Waals surface area contributed by atoms with E-state index in [1.54, 1.807) is 0 Å². The second-order valence-electron chi connectivity index (χ2n) is 3.79. The van der Waals surface area contributed by atoms with Crippen LogP contribution < -0.4 is 5.73 Å². The average molecular weight is 252 g/mol. The summed E-state index contributed by atoms with van der Waals surface area (Å²) in [6, 6.07) is 7.60. The van der Waals surface area contributed by atoms with Crippen LogP contribution in [0.2, 0.25) is 5.02 Å². The van der Waals surface area contributed by atoms with Crippen molar-refractivity contribution in [2.45, 2.75) is 19.3 Å². The maximum Gasteiger partial charge on any atom is 0.220 e. The second-order valence-corrected chi connectivity index (χ2v) is 4.22. The van der Waals surface area contributed by atoms with Crippen LogP contribution in [0.5, 0.6) is 0 Å². The summed E-state index contributed by atoms with van der Waals surface area (Å²) in [5.41, 5.74) is 6.52. The summed E-state index contributed by atoms with van der Waals surface area (Å²) in [7, 11) is 0. The Bertz CT molecular complexity index is 467. The lowest BCUT2D eigenvalue weighted by molar-refractivity contribution is 0.453. The minimum Gasteiger partial charge on any atom is -0.425 e. The van der Waals surface area contributed by atoms with E-state index in [2.05, 4.69) is 10.2 Å². The Morgan fingerprint density at radius 1 is 1.12 bits per heavy atom. The number of nitrogens with two attached hydrogens (primary N) is 1. The second kappa shape index (κ2) is 5.80. The Balaban J connectivity index is 1.98. The van der Waals surface area contributed by atoms with Gasteiger partial charge in [-0.25, -0.2) is 0 Å². The van der Waals surface area contributed by atoms with E-state index in [0.29, 0.717) is 24.7 Å². The molecule has 1 aromatic carbocycles. The molecule has 0 bridgehead atoms. The average Bonchev–Trinajstić information content (AvgIpc) is 2.77. The van der Waals surface area contributed by atoms with E-state index in [1.165, 1.54) is 0 Å². The van der Waals surface area contributed by atoms with Gasteiger partial charge < -0.3 is 10.2 Å². The molecule has 0 radical (unpaired) electrons. The molecule has 0 spiro atoms. The van der Waals surface area contributed by atoms with Gasteiger partial charge in [-0.05, 0) is 30.7 Å². The molecule has 0 amide bonds. The van der Waals surface area contributed by atoms with Gasteiger partial charge in [0.25, 0.3) is 0 Å². The number of aryl methyl sites for hydroxylation is 1. The highest BCUT2D eigenvalue weighted by molar-refractivity contribution is 6.30. The van der Waals surface area contributed by atoms with Gasteiger partial charge in [-0.15, -0.1) is 10.2 Å². The molecule has 0 saturated heterocycles. The fourth-order valence-electron chi connectivity index (χ4n) is 1.49. The van der Waals surface area contributed by atoms with Crippen molar-refractivity contribution >= 4 is 11.6 Å². The SMILES string of the molecule is NCCCc1nnc(Cc2ccc(Cl)cc2)o1. The lowest BCUT2D eigenvalue weighted by atomic mass is 10.1. The molecule has 2 N–H and O–H groups in total. The van der Waals surface area contributed by atoms with Gasteiger partial charge in [0.05, 0.1) is 6.42 Å². The summed E-state index contributed by atoms with van der Waals surface area (Å²) in [6.07, 6.45) is 2.24. The van der Waals surface area contributed by atoms with Gasteiger partial charge in [0.1, 0.15) is 0 Å².